The Kier molecular flexibility index (Phi) is 4.00. The normalized spacial score (nSPS) is 16.3. The third-order valence-corrected chi connectivity index (χ3v) is 3.81. The van der Waals surface area contributed by atoms with E-state index in [1.54, 1.807) is 31.4 Å². The highest BCUT2D eigenvalue weighted by Gasteiger charge is 2.35. The van der Waals surface area contributed by atoms with E-state index in [0.29, 0.717) is 12.2 Å². The summed E-state index contributed by atoms with van der Waals surface area (Å²) < 4.78 is 10.4. The Balaban J connectivity index is 1.51. The van der Waals surface area contributed by atoms with E-state index in [-0.39, 0.29) is 12.0 Å². The van der Waals surface area contributed by atoms with Gasteiger partial charge >= 0.3 is 5.97 Å². The predicted octanol–water partition coefficient (Wildman–Crippen LogP) is 3.05. The minimum atomic E-state index is -0.293. The number of nitrogens with zero attached hydrogens (tertiary/aromatic N) is 1. The SMILES string of the molecule is COc1ccc(C(=O)OCC2CN2c2ccc(C)cc2)cc1. The predicted molar refractivity (Wildman–Crippen MR) is 85.6 cm³/mol. The number of esters is 1. The lowest BCUT2D eigenvalue weighted by molar-refractivity contribution is 0.0510. The molecule has 2 aromatic rings. The molecule has 1 unspecified atom stereocenters. The molecule has 0 N–H and O–H groups in total. The fourth-order valence-corrected chi connectivity index (χ4v) is 2.36. The second-order valence-electron chi connectivity index (χ2n) is 5.47. The summed E-state index contributed by atoms with van der Waals surface area (Å²) in [6, 6.07) is 15.6. The van der Waals surface area contributed by atoms with Crippen molar-refractivity contribution in [2.24, 2.45) is 0 Å². The summed E-state index contributed by atoms with van der Waals surface area (Å²) in [6.07, 6.45) is 0. The summed E-state index contributed by atoms with van der Waals surface area (Å²) in [4.78, 5) is 14.2. The number of methoxy groups -OCH3 is 1. The van der Waals surface area contributed by atoms with Crippen LogP contribution in [0.3, 0.4) is 0 Å². The van der Waals surface area contributed by atoms with Crippen molar-refractivity contribution in [2.45, 2.75) is 13.0 Å². The number of aryl methyl sites for hydroxylation is 1. The van der Waals surface area contributed by atoms with Gasteiger partial charge in [0.1, 0.15) is 12.4 Å². The number of hydrogen-bond acceptors (Lipinski definition) is 4. The van der Waals surface area contributed by atoms with Gasteiger partial charge in [0.15, 0.2) is 0 Å². The molecule has 0 aromatic heterocycles. The van der Waals surface area contributed by atoms with Crippen molar-refractivity contribution >= 4 is 11.7 Å². The molecule has 0 saturated carbocycles. The molecular formula is C18H19NO3. The molecule has 0 bridgehead atoms. The summed E-state index contributed by atoms with van der Waals surface area (Å²) in [5.74, 6) is 0.433. The number of rotatable bonds is 5. The maximum Gasteiger partial charge on any atom is 0.338 e. The Hall–Kier alpha value is -2.49. The summed E-state index contributed by atoms with van der Waals surface area (Å²) in [7, 11) is 1.60. The fourth-order valence-electron chi connectivity index (χ4n) is 2.36. The Morgan fingerprint density at radius 2 is 1.82 bits per heavy atom. The lowest BCUT2D eigenvalue weighted by Gasteiger charge is -2.07. The van der Waals surface area contributed by atoms with Gasteiger partial charge in [0.25, 0.3) is 0 Å². The van der Waals surface area contributed by atoms with Gasteiger partial charge in [0.2, 0.25) is 0 Å². The smallest absolute Gasteiger partial charge is 0.338 e. The first-order valence-electron chi connectivity index (χ1n) is 7.32. The molecule has 1 aliphatic heterocycles. The van der Waals surface area contributed by atoms with Gasteiger partial charge in [-0.25, -0.2) is 4.79 Å². The van der Waals surface area contributed by atoms with E-state index < -0.39 is 0 Å². The van der Waals surface area contributed by atoms with Crippen molar-refractivity contribution in [3.8, 4) is 5.75 Å². The monoisotopic (exact) mass is 297 g/mol. The lowest BCUT2D eigenvalue weighted by atomic mass is 10.2. The van der Waals surface area contributed by atoms with Crippen LogP contribution in [0.1, 0.15) is 15.9 Å². The van der Waals surface area contributed by atoms with Crippen LogP contribution < -0.4 is 9.64 Å². The number of hydrogen-bond donors (Lipinski definition) is 0. The van der Waals surface area contributed by atoms with Gasteiger partial charge in [-0.1, -0.05) is 17.7 Å². The minimum absolute atomic E-state index is 0.282. The van der Waals surface area contributed by atoms with Crippen molar-refractivity contribution < 1.29 is 14.3 Å². The highest BCUT2D eigenvalue weighted by atomic mass is 16.5. The first-order valence-corrected chi connectivity index (χ1v) is 7.32. The average molecular weight is 297 g/mol. The summed E-state index contributed by atoms with van der Waals surface area (Å²) in [6.45, 7) is 3.41. The van der Waals surface area contributed by atoms with Gasteiger partial charge in [0.05, 0.1) is 18.7 Å². The van der Waals surface area contributed by atoms with E-state index >= 15 is 0 Å². The van der Waals surface area contributed by atoms with E-state index in [1.165, 1.54) is 11.3 Å². The molecule has 1 saturated heterocycles. The quantitative estimate of drug-likeness (QED) is 0.628. The van der Waals surface area contributed by atoms with Gasteiger partial charge in [-0.05, 0) is 43.3 Å². The van der Waals surface area contributed by atoms with Crippen LogP contribution in [-0.4, -0.2) is 32.3 Å². The number of benzene rings is 2. The maximum absolute atomic E-state index is 12.0. The van der Waals surface area contributed by atoms with E-state index in [2.05, 4.69) is 36.1 Å². The number of anilines is 1. The van der Waals surface area contributed by atoms with Crippen LogP contribution in [0.5, 0.6) is 5.75 Å². The second kappa shape index (κ2) is 6.10. The third kappa shape index (κ3) is 3.22. The fraction of sp³-hybridized carbons (Fsp3) is 0.278. The van der Waals surface area contributed by atoms with E-state index in [4.69, 9.17) is 9.47 Å². The summed E-state index contributed by atoms with van der Waals surface area (Å²) in [5.41, 5.74) is 2.97. The van der Waals surface area contributed by atoms with Crippen LogP contribution in [0, 0.1) is 6.92 Å². The molecule has 1 heterocycles. The van der Waals surface area contributed by atoms with Crippen LogP contribution in [0.4, 0.5) is 5.69 Å². The first-order chi connectivity index (χ1) is 10.7. The molecule has 0 amide bonds. The largest absolute Gasteiger partial charge is 0.497 e. The standard InChI is InChI=1S/C18H19NO3/c1-13-3-7-15(8-4-13)19-11-16(19)12-22-18(20)14-5-9-17(21-2)10-6-14/h3-10,16H,11-12H2,1-2H3. The second-order valence-corrected chi connectivity index (χ2v) is 5.47. The van der Waals surface area contributed by atoms with Crippen molar-refractivity contribution in [2.75, 3.05) is 25.2 Å². The van der Waals surface area contributed by atoms with Crippen molar-refractivity contribution in [3.63, 3.8) is 0 Å². The molecule has 22 heavy (non-hydrogen) atoms. The van der Waals surface area contributed by atoms with Gasteiger partial charge in [-0.15, -0.1) is 0 Å². The highest BCUT2D eigenvalue weighted by Crippen LogP contribution is 2.28. The van der Waals surface area contributed by atoms with Crippen molar-refractivity contribution in [1.82, 2.24) is 0 Å². The van der Waals surface area contributed by atoms with Gasteiger partial charge < -0.3 is 14.4 Å². The van der Waals surface area contributed by atoms with Crippen LogP contribution in [0.25, 0.3) is 0 Å². The molecule has 2 aromatic carbocycles. The molecule has 114 valence electrons. The lowest BCUT2D eigenvalue weighted by Crippen LogP contribution is -2.13. The van der Waals surface area contributed by atoms with Gasteiger partial charge in [-0.2, -0.15) is 0 Å². The van der Waals surface area contributed by atoms with Crippen LogP contribution in [-0.2, 0) is 4.74 Å². The van der Waals surface area contributed by atoms with Gasteiger partial charge in [-0.3, -0.25) is 0 Å². The Bertz CT molecular complexity index is 649. The Morgan fingerprint density at radius 3 is 2.45 bits per heavy atom. The van der Waals surface area contributed by atoms with E-state index in [9.17, 15) is 4.79 Å². The number of carbonyl (C=O) groups is 1. The topological polar surface area (TPSA) is 38.5 Å². The third-order valence-electron chi connectivity index (χ3n) is 3.81. The van der Waals surface area contributed by atoms with Crippen molar-refractivity contribution in [3.05, 3.63) is 59.7 Å². The van der Waals surface area contributed by atoms with Gasteiger partial charge in [0, 0.05) is 12.2 Å². The zero-order valence-corrected chi connectivity index (χ0v) is 12.8. The van der Waals surface area contributed by atoms with Crippen LogP contribution in [0.2, 0.25) is 0 Å². The molecule has 4 heteroatoms. The molecule has 1 aliphatic rings. The van der Waals surface area contributed by atoms with Crippen LogP contribution in [0.15, 0.2) is 48.5 Å². The molecule has 4 nitrogen and oxygen atoms in total. The average Bonchev–Trinajstić information content (AvgIpc) is 3.33. The molecule has 0 aliphatic carbocycles. The molecule has 0 radical (unpaired) electrons. The maximum atomic E-state index is 12.0. The molecule has 1 fully saturated rings. The number of ether oxygens (including phenoxy) is 2. The zero-order chi connectivity index (χ0) is 15.5. The van der Waals surface area contributed by atoms with Crippen LogP contribution >= 0.6 is 0 Å². The summed E-state index contributed by atoms with van der Waals surface area (Å²) in [5, 5.41) is 0. The summed E-state index contributed by atoms with van der Waals surface area (Å²) >= 11 is 0. The molecule has 1 atom stereocenters. The Labute approximate surface area is 130 Å². The first kappa shape index (κ1) is 14.4. The minimum Gasteiger partial charge on any atom is -0.497 e. The van der Waals surface area contributed by atoms with E-state index in [0.717, 1.165) is 12.3 Å². The molecular weight excluding hydrogens is 278 g/mol. The Morgan fingerprint density at radius 1 is 1.14 bits per heavy atom. The highest BCUT2D eigenvalue weighted by molar-refractivity contribution is 5.89. The molecule has 0 spiro atoms. The number of carbonyl (C=O) groups excluding carboxylic acids is 1. The molecule has 3 rings (SSSR count). The van der Waals surface area contributed by atoms with E-state index in [1.807, 2.05) is 0 Å². The van der Waals surface area contributed by atoms with Crippen molar-refractivity contribution in [1.29, 1.82) is 0 Å². The zero-order valence-electron chi connectivity index (χ0n) is 12.8.